The highest BCUT2D eigenvalue weighted by Crippen LogP contribution is 1.99. The van der Waals surface area contributed by atoms with E-state index in [9.17, 15) is 4.79 Å². The number of aliphatic hydroxyl groups is 1. The third-order valence-corrected chi connectivity index (χ3v) is 2.40. The second-order valence-corrected chi connectivity index (χ2v) is 3.99. The van der Waals surface area contributed by atoms with Crippen molar-refractivity contribution in [2.24, 2.45) is 0 Å². The lowest BCUT2D eigenvalue weighted by Crippen LogP contribution is -2.39. The summed E-state index contributed by atoms with van der Waals surface area (Å²) < 4.78 is 4.96. The van der Waals surface area contributed by atoms with Gasteiger partial charge in [-0.05, 0) is 12.8 Å². The largest absolute Gasteiger partial charge is 0.396 e. The molecule has 0 saturated carbocycles. The summed E-state index contributed by atoms with van der Waals surface area (Å²) >= 11 is 0. The topological polar surface area (TPSA) is 100 Å². The number of nitrogens with one attached hydrogen (secondary N) is 2. The average Bonchev–Trinajstić information content (AvgIpc) is 2.79. The first-order valence-electron chi connectivity index (χ1n) is 6.03. The van der Waals surface area contributed by atoms with Crippen molar-refractivity contribution in [1.29, 1.82) is 0 Å². The highest BCUT2D eigenvalue weighted by molar-refractivity contribution is 5.90. The molecule has 7 nitrogen and oxygen atoms in total. The van der Waals surface area contributed by atoms with Crippen molar-refractivity contribution in [3.8, 4) is 0 Å². The molecule has 1 unspecified atom stereocenters. The Labute approximate surface area is 106 Å². The smallest absolute Gasteiger partial charge is 0.291 e. The lowest BCUT2D eigenvalue weighted by atomic mass is 10.2. The van der Waals surface area contributed by atoms with E-state index in [0.717, 1.165) is 12.8 Å². The molecule has 0 aromatic carbocycles. The fraction of sp³-hybridized carbons (Fsp3) is 0.727. The van der Waals surface area contributed by atoms with Crippen molar-refractivity contribution in [2.75, 3.05) is 20.3 Å². The average molecular weight is 256 g/mol. The van der Waals surface area contributed by atoms with Gasteiger partial charge in [0, 0.05) is 20.1 Å². The van der Waals surface area contributed by atoms with Crippen molar-refractivity contribution in [2.45, 2.75) is 32.2 Å². The normalized spacial score (nSPS) is 12.4. The quantitative estimate of drug-likeness (QED) is 0.602. The maximum atomic E-state index is 11.8. The summed E-state index contributed by atoms with van der Waals surface area (Å²) in [5.74, 6) is 0.467. The Kier molecular flexibility index (Phi) is 6.31. The predicted octanol–water partition coefficient (Wildman–Crippen LogP) is -0.116. The van der Waals surface area contributed by atoms with Gasteiger partial charge in [-0.2, -0.15) is 0 Å². The second kappa shape index (κ2) is 7.78. The van der Waals surface area contributed by atoms with Crippen LogP contribution in [0, 0.1) is 0 Å². The molecule has 1 aromatic rings. The molecular weight excluding hydrogens is 236 g/mol. The highest BCUT2D eigenvalue weighted by atomic mass is 16.5. The van der Waals surface area contributed by atoms with E-state index in [1.54, 1.807) is 7.11 Å². The summed E-state index contributed by atoms with van der Waals surface area (Å²) in [7, 11) is 1.54. The molecule has 0 aliphatic rings. The van der Waals surface area contributed by atoms with Crippen molar-refractivity contribution in [1.82, 2.24) is 20.5 Å². The molecule has 3 N–H and O–H groups in total. The van der Waals surface area contributed by atoms with E-state index in [2.05, 4.69) is 20.5 Å². The van der Waals surface area contributed by atoms with Crippen LogP contribution >= 0.6 is 0 Å². The summed E-state index contributed by atoms with van der Waals surface area (Å²) in [6.07, 6.45) is 2.14. The van der Waals surface area contributed by atoms with E-state index in [1.807, 2.05) is 6.92 Å². The van der Waals surface area contributed by atoms with E-state index in [4.69, 9.17) is 9.84 Å². The SMILES string of the molecule is CCCc1nc(C(=O)NC(CCO)COC)n[nH]1. The van der Waals surface area contributed by atoms with Gasteiger partial charge >= 0.3 is 0 Å². The molecule has 0 aliphatic heterocycles. The molecule has 1 heterocycles. The van der Waals surface area contributed by atoms with Gasteiger partial charge in [0.05, 0.1) is 12.6 Å². The van der Waals surface area contributed by atoms with Crippen LogP contribution in [0.1, 0.15) is 36.2 Å². The summed E-state index contributed by atoms with van der Waals surface area (Å²) in [6, 6.07) is -0.236. The van der Waals surface area contributed by atoms with E-state index >= 15 is 0 Å². The lowest BCUT2D eigenvalue weighted by Gasteiger charge is -2.15. The summed E-state index contributed by atoms with van der Waals surface area (Å²) in [6.45, 7) is 2.36. The Balaban J connectivity index is 2.56. The van der Waals surface area contributed by atoms with Gasteiger partial charge < -0.3 is 15.2 Å². The summed E-state index contributed by atoms with van der Waals surface area (Å²) in [5.41, 5.74) is 0. The number of ether oxygens (including phenoxy) is 1. The molecule has 7 heteroatoms. The number of H-pyrrole nitrogens is 1. The minimum atomic E-state index is -0.357. The molecule has 1 aromatic heterocycles. The molecular formula is C11H20N4O3. The van der Waals surface area contributed by atoms with Crippen LogP contribution < -0.4 is 5.32 Å². The van der Waals surface area contributed by atoms with Crippen LogP contribution in [0.4, 0.5) is 0 Å². The molecule has 0 radical (unpaired) electrons. The zero-order valence-corrected chi connectivity index (χ0v) is 10.8. The summed E-state index contributed by atoms with van der Waals surface area (Å²) in [5, 5.41) is 18.2. The first kappa shape index (κ1) is 14.6. The molecule has 0 aliphatic carbocycles. The van der Waals surface area contributed by atoms with Gasteiger partial charge in [0.15, 0.2) is 0 Å². The number of hydrogen-bond acceptors (Lipinski definition) is 5. The number of rotatable bonds is 8. The number of aryl methyl sites for hydroxylation is 1. The predicted molar refractivity (Wildman–Crippen MR) is 65.2 cm³/mol. The molecule has 0 spiro atoms. The number of aliphatic hydroxyl groups excluding tert-OH is 1. The van der Waals surface area contributed by atoms with E-state index in [-0.39, 0.29) is 24.4 Å². The van der Waals surface area contributed by atoms with Gasteiger partial charge in [-0.1, -0.05) is 6.92 Å². The number of carbonyl (C=O) groups excluding carboxylic acids is 1. The molecule has 1 rings (SSSR count). The fourth-order valence-electron chi connectivity index (χ4n) is 1.55. The number of amides is 1. The Hall–Kier alpha value is -1.47. The first-order chi connectivity index (χ1) is 8.71. The van der Waals surface area contributed by atoms with Crippen molar-refractivity contribution >= 4 is 5.91 Å². The molecule has 0 saturated heterocycles. The van der Waals surface area contributed by atoms with Crippen LogP contribution in [0.15, 0.2) is 0 Å². The third-order valence-electron chi connectivity index (χ3n) is 2.40. The fourth-order valence-corrected chi connectivity index (χ4v) is 1.55. The van der Waals surface area contributed by atoms with Crippen molar-refractivity contribution in [3.05, 3.63) is 11.6 Å². The minimum absolute atomic E-state index is 0.0105. The van der Waals surface area contributed by atoms with Crippen LogP contribution in [0.2, 0.25) is 0 Å². The monoisotopic (exact) mass is 256 g/mol. The Morgan fingerprint density at radius 1 is 1.61 bits per heavy atom. The third kappa shape index (κ3) is 4.42. The minimum Gasteiger partial charge on any atom is -0.396 e. The van der Waals surface area contributed by atoms with Crippen LogP contribution in [-0.2, 0) is 11.2 Å². The lowest BCUT2D eigenvalue weighted by molar-refractivity contribution is 0.0869. The van der Waals surface area contributed by atoms with Crippen LogP contribution in [-0.4, -0.2) is 52.6 Å². The van der Waals surface area contributed by atoms with Crippen LogP contribution in [0.25, 0.3) is 0 Å². The Morgan fingerprint density at radius 3 is 3.00 bits per heavy atom. The second-order valence-electron chi connectivity index (χ2n) is 3.99. The van der Waals surface area contributed by atoms with E-state index in [0.29, 0.717) is 18.9 Å². The standard InChI is InChI=1S/C11H20N4O3/c1-3-4-9-13-10(15-14-9)11(17)12-8(5-6-16)7-18-2/h8,16H,3-7H2,1-2H3,(H,12,17)(H,13,14,15). The van der Waals surface area contributed by atoms with Crippen molar-refractivity contribution < 1.29 is 14.6 Å². The van der Waals surface area contributed by atoms with Crippen molar-refractivity contribution in [3.63, 3.8) is 0 Å². The van der Waals surface area contributed by atoms with E-state index < -0.39 is 0 Å². The maximum Gasteiger partial charge on any atom is 0.291 e. The molecule has 0 bridgehead atoms. The summed E-state index contributed by atoms with van der Waals surface area (Å²) in [4.78, 5) is 15.9. The molecule has 102 valence electrons. The van der Waals surface area contributed by atoms with E-state index in [1.165, 1.54) is 0 Å². The van der Waals surface area contributed by atoms with Gasteiger partial charge in [0.25, 0.3) is 5.91 Å². The number of aromatic nitrogens is 3. The van der Waals surface area contributed by atoms with Gasteiger partial charge in [-0.3, -0.25) is 9.89 Å². The molecule has 0 fully saturated rings. The highest BCUT2D eigenvalue weighted by Gasteiger charge is 2.17. The Morgan fingerprint density at radius 2 is 2.39 bits per heavy atom. The Bertz CT molecular complexity index is 361. The first-order valence-corrected chi connectivity index (χ1v) is 6.03. The van der Waals surface area contributed by atoms with Crippen LogP contribution in [0.5, 0.6) is 0 Å². The van der Waals surface area contributed by atoms with Gasteiger partial charge in [0.1, 0.15) is 5.82 Å². The van der Waals surface area contributed by atoms with Gasteiger partial charge in [-0.25, -0.2) is 4.98 Å². The molecule has 18 heavy (non-hydrogen) atoms. The zero-order chi connectivity index (χ0) is 13.4. The van der Waals surface area contributed by atoms with Gasteiger partial charge in [-0.15, -0.1) is 5.10 Å². The zero-order valence-electron chi connectivity index (χ0n) is 10.8. The molecule has 1 amide bonds. The number of carbonyl (C=O) groups is 1. The maximum absolute atomic E-state index is 11.8. The molecule has 1 atom stereocenters. The van der Waals surface area contributed by atoms with Crippen LogP contribution in [0.3, 0.4) is 0 Å². The van der Waals surface area contributed by atoms with Gasteiger partial charge in [0.2, 0.25) is 5.82 Å². The number of aromatic amines is 1. The number of nitrogens with zero attached hydrogens (tertiary/aromatic N) is 2. The number of hydrogen-bond donors (Lipinski definition) is 3. The number of methoxy groups -OCH3 is 1.